The summed E-state index contributed by atoms with van der Waals surface area (Å²) in [6.07, 6.45) is 4.83. The van der Waals surface area contributed by atoms with E-state index in [1.54, 1.807) is 4.90 Å². The maximum Gasteiger partial charge on any atom is 0.410 e. The van der Waals surface area contributed by atoms with Crippen molar-refractivity contribution in [2.75, 3.05) is 32.8 Å². The first-order valence-electron chi connectivity index (χ1n) is 8.23. The summed E-state index contributed by atoms with van der Waals surface area (Å²) in [4.78, 5) is 16.2. The molecule has 2 fully saturated rings. The molecule has 21 heavy (non-hydrogen) atoms. The van der Waals surface area contributed by atoms with Crippen LogP contribution in [0.5, 0.6) is 0 Å². The van der Waals surface area contributed by atoms with Gasteiger partial charge in [-0.05, 0) is 39.5 Å². The van der Waals surface area contributed by atoms with Crippen molar-refractivity contribution < 1.29 is 14.6 Å². The van der Waals surface area contributed by atoms with Crippen LogP contribution in [-0.2, 0) is 4.74 Å². The van der Waals surface area contributed by atoms with Gasteiger partial charge in [0.1, 0.15) is 5.60 Å². The molecule has 0 spiro atoms. The molecule has 1 N–H and O–H groups in total. The number of piperazine rings is 1. The zero-order valence-electron chi connectivity index (χ0n) is 13.7. The highest BCUT2D eigenvalue weighted by atomic mass is 16.6. The number of carbonyl (C=O) groups is 1. The highest BCUT2D eigenvalue weighted by molar-refractivity contribution is 5.68. The second kappa shape index (κ2) is 6.97. The summed E-state index contributed by atoms with van der Waals surface area (Å²) >= 11 is 0. The first-order valence-corrected chi connectivity index (χ1v) is 8.23. The van der Waals surface area contributed by atoms with Gasteiger partial charge in [-0.15, -0.1) is 0 Å². The van der Waals surface area contributed by atoms with Gasteiger partial charge >= 0.3 is 6.09 Å². The van der Waals surface area contributed by atoms with Crippen molar-refractivity contribution in [1.82, 2.24) is 9.80 Å². The number of hydrogen-bond acceptors (Lipinski definition) is 4. The predicted molar refractivity (Wildman–Crippen MR) is 82.2 cm³/mol. The molecule has 5 nitrogen and oxygen atoms in total. The van der Waals surface area contributed by atoms with E-state index in [9.17, 15) is 9.90 Å². The lowest BCUT2D eigenvalue weighted by Crippen LogP contribution is -2.55. The Balaban J connectivity index is 1.83. The van der Waals surface area contributed by atoms with Gasteiger partial charge in [-0.3, -0.25) is 4.90 Å². The van der Waals surface area contributed by atoms with Crippen LogP contribution in [0, 0.1) is 5.92 Å². The van der Waals surface area contributed by atoms with Crippen LogP contribution in [-0.4, -0.2) is 65.4 Å². The fourth-order valence-electron chi connectivity index (χ4n) is 3.47. The van der Waals surface area contributed by atoms with Gasteiger partial charge in [0.2, 0.25) is 0 Å². The molecule has 2 aliphatic rings. The van der Waals surface area contributed by atoms with Crippen LogP contribution in [0.3, 0.4) is 0 Å². The smallest absolute Gasteiger partial charge is 0.410 e. The molecule has 0 aromatic carbocycles. The Labute approximate surface area is 128 Å². The third-order valence-electron chi connectivity index (χ3n) is 4.57. The Morgan fingerprint density at radius 3 is 2.24 bits per heavy atom. The van der Waals surface area contributed by atoms with Crippen molar-refractivity contribution in [1.29, 1.82) is 0 Å². The standard InChI is InChI=1S/C16H30N2O3/c1-16(2,3)21-15(20)18-10-8-17(9-11-18)14(12-19)13-6-4-5-7-13/h13-14,19H,4-12H2,1-3H3/t14-/m1/s1. The van der Waals surface area contributed by atoms with Gasteiger partial charge in [0.25, 0.3) is 0 Å². The van der Waals surface area contributed by atoms with Crippen molar-refractivity contribution in [2.24, 2.45) is 5.92 Å². The van der Waals surface area contributed by atoms with E-state index in [-0.39, 0.29) is 18.7 Å². The van der Waals surface area contributed by atoms with Gasteiger partial charge in [0.05, 0.1) is 6.61 Å². The number of aliphatic hydroxyl groups is 1. The largest absolute Gasteiger partial charge is 0.444 e. The van der Waals surface area contributed by atoms with Crippen molar-refractivity contribution in [3.63, 3.8) is 0 Å². The highest BCUT2D eigenvalue weighted by Crippen LogP contribution is 2.30. The highest BCUT2D eigenvalue weighted by Gasteiger charge is 2.33. The van der Waals surface area contributed by atoms with E-state index in [0.29, 0.717) is 19.0 Å². The first kappa shape index (κ1) is 16.6. The number of amides is 1. The quantitative estimate of drug-likeness (QED) is 0.867. The van der Waals surface area contributed by atoms with Crippen LogP contribution in [0.1, 0.15) is 46.5 Å². The van der Waals surface area contributed by atoms with Crippen molar-refractivity contribution in [3.05, 3.63) is 0 Å². The Hall–Kier alpha value is -0.810. The van der Waals surface area contributed by atoms with Crippen molar-refractivity contribution >= 4 is 6.09 Å². The normalized spacial score (nSPS) is 23.3. The summed E-state index contributed by atoms with van der Waals surface area (Å²) in [5.41, 5.74) is -0.439. The topological polar surface area (TPSA) is 53.0 Å². The van der Waals surface area contributed by atoms with Crippen LogP contribution in [0.15, 0.2) is 0 Å². The zero-order chi connectivity index (χ0) is 15.5. The molecule has 1 amide bonds. The number of ether oxygens (including phenoxy) is 1. The lowest BCUT2D eigenvalue weighted by atomic mass is 9.96. The first-order chi connectivity index (χ1) is 9.90. The molecule has 0 aromatic heterocycles. The fourth-order valence-corrected chi connectivity index (χ4v) is 3.47. The SMILES string of the molecule is CC(C)(C)OC(=O)N1CCN([C@H](CO)C2CCCC2)CC1. The maximum atomic E-state index is 12.1. The van der Waals surface area contributed by atoms with Crippen molar-refractivity contribution in [2.45, 2.75) is 58.1 Å². The summed E-state index contributed by atoms with van der Waals surface area (Å²) in [7, 11) is 0. The van der Waals surface area contributed by atoms with Crippen LogP contribution < -0.4 is 0 Å². The number of nitrogens with zero attached hydrogens (tertiary/aromatic N) is 2. The minimum Gasteiger partial charge on any atom is -0.444 e. The van der Waals surface area contributed by atoms with E-state index in [0.717, 1.165) is 13.1 Å². The lowest BCUT2D eigenvalue weighted by molar-refractivity contribution is 0.000514. The van der Waals surface area contributed by atoms with Crippen molar-refractivity contribution in [3.8, 4) is 0 Å². The fraction of sp³-hybridized carbons (Fsp3) is 0.938. The van der Waals surface area contributed by atoms with Crippen LogP contribution >= 0.6 is 0 Å². The zero-order valence-corrected chi connectivity index (χ0v) is 13.7. The number of hydrogen-bond donors (Lipinski definition) is 1. The molecule has 0 bridgehead atoms. The van der Waals surface area contributed by atoms with Crippen LogP contribution in [0.2, 0.25) is 0 Å². The minimum atomic E-state index is -0.439. The van der Waals surface area contributed by atoms with Gasteiger partial charge in [0, 0.05) is 32.2 Å². The van der Waals surface area contributed by atoms with E-state index < -0.39 is 5.60 Å². The summed E-state index contributed by atoms with van der Waals surface area (Å²) in [5.74, 6) is 0.628. The number of carbonyl (C=O) groups excluding carboxylic acids is 1. The van der Waals surface area contributed by atoms with Gasteiger partial charge in [-0.2, -0.15) is 0 Å². The molecule has 1 atom stereocenters. The molecule has 0 radical (unpaired) electrons. The third kappa shape index (κ3) is 4.58. The van der Waals surface area contributed by atoms with Gasteiger partial charge in [-0.25, -0.2) is 4.79 Å². The van der Waals surface area contributed by atoms with Crippen LogP contribution in [0.4, 0.5) is 4.79 Å². The second-order valence-electron chi connectivity index (χ2n) is 7.30. The van der Waals surface area contributed by atoms with Crippen LogP contribution in [0.25, 0.3) is 0 Å². The lowest BCUT2D eigenvalue weighted by Gasteiger charge is -2.41. The van der Waals surface area contributed by atoms with E-state index in [4.69, 9.17) is 4.74 Å². The molecule has 1 aliphatic carbocycles. The molecular formula is C16H30N2O3. The Bertz CT molecular complexity index is 340. The van der Waals surface area contributed by atoms with E-state index in [1.165, 1.54) is 25.7 Å². The molecule has 1 heterocycles. The summed E-state index contributed by atoms with van der Waals surface area (Å²) < 4.78 is 5.42. The molecule has 1 aliphatic heterocycles. The predicted octanol–water partition coefficient (Wildman–Crippen LogP) is 2.09. The van der Waals surface area contributed by atoms with E-state index in [1.807, 2.05) is 20.8 Å². The van der Waals surface area contributed by atoms with Gasteiger partial charge < -0.3 is 14.7 Å². The molecule has 5 heteroatoms. The molecular weight excluding hydrogens is 268 g/mol. The summed E-state index contributed by atoms with van der Waals surface area (Å²) in [6, 6.07) is 0.272. The molecule has 122 valence electrons. The van der Waals surface area contributed by atoms with Gasteiger partial charge in [0.15, 0.2) is 0 Å². The molecule has 0 aromatic rings. The van der Waals surface area contributed by atoms with Gasteiger partial charge in [-0.1, -0.05) is 12.8 Å². The Kier molecular flexibility index (Phi) is 5.49. The molecule has 1 saturated carbocycles. The second-order valence-corrected chi connectivity index (χ2v) is 7.30. The van der Waals surface area contributed by atoms with E-state index >= 15 is 0 Å². The Morgan fingerprint density at radius 1 is 1.19 bits per heavy atom. The number of rotatable bonds is 3. The molecule has 1 saturated heterocycles. The summed E-state index contributed by atoms with van der Waals surface area (Å²) in [6.45, 7) is 8.96. The third-order valence-corrected chi connectivity index (χ3v) is 4.57. The number of aliphatic hydroxyl groups excluding tert-OH is 1. The minimum absolute atomic E-state index is 0.219. The average Bonchev–Trinajstić information content (AvgIpc) is 2.92. The maximum absolute atomic E-state index is 12.1. The molecule has 0 unspecified atom stereocenters. The molecule has 2 rings (SSSR count). The summed E-state index contributed by atoms with van der Waals surface area (Å²) in [5, 5.41) is 9.72. The monoisotopic (exact) mass is 298 g/mol. The average molecular weight is 298 g/mol. The van der Waals surface area contributed by atoms with E-state index in [2.05, 4.69) is 4.90 Å². The Morgan fingerprint density at radius 2 is 1.76 bits per heavy atom.